The van der Waals surface area contributed by atoms with Crippen molar-refractivity contribution >= 4 is 11.8 Å². The lowest BCUT2D eigenvalue weighted by Crippen LogP contribution is -2.44. The number of carbonyl (C=O) groups is 2. The second-order valence-electron chi connectivity index (χ2n) is 3.71. The molecule has 0 saturated carbocycles. The van der Waals surface area contributed by atoms with Crippen molar-refractivity contribution in [1.82, 2.24) is 10.6 Å². The molecule has 6 heteroatoms. The van der Waals surface area contributed by atoms with Crippen LogP contribution >= 0.6 is 0 Å². The first kappa shape index (κ1) is 14.9. The van der Waals surface area contributed by atoms with Crippen molar-refractivity contribution in [3.63, 3.8) is 0 Å². The molecular weight excluding hydrogens is 212 g/mol. The lowest BCUT2D eigenvalue weighted by molar-refractivity contribution is -0.141. The van der Waals surface area contributed by atoms with Crippen LogP contribution in [0.2, 0.25) is 0 Å². The van der Waals surface area contributed by atoms with Gasteiger partial charge in [0.25, 0.3) is 0 Å². The van der Waals surface area contributed by atoms with Crippen LogP contribution < -0.4 is 10.6 Å². The number of nitrogens with one attached hydrogen (secondary N) is 2. The van der Waals surface area contributed by atoms with Gasteiger partial charge >= 0.3 is 11.8 Å². The van der Waals surface area contributed by atoms with Crippen LogP contribution in [0.25, 0.3) is 0 Å². The first-order valence-electron chi connectivity index (χ1n) is 5.12. The Hall–Kier alpha value is -1.14. The fourth-order valence-electron chi connectivity index (χ4n) is 0.896. The Kier molecular flexibility index (Phi) is 7.49. The number of rotatable bonds is 6. The summed E-state index contributed by atoms with van der Waals surface area (Å²) in [5, 5.41) is 4.92. The molecule has 0 fully saturated rings. The number of ether oxygens (including phenoxy) is 2. The van der Waals surface area contributed by atoms with E-state index in [1.165, 1.54) is 14.2 Å². The normalized spacial score (nSPS) is 10.6. The molecule has 0 atom stereocenters. The lowest BCUT2D eigenvalue weighted by Gasteiger charge is -2.14. The average molecular weight is 232 g/mol. The molecule has 2 N–H and O–H groups in total. The van der Waals surface area contributed by atoms with E-state index in [9.17, 15) is 9.59 Å². The van der Waals surface area contributed by atoms with E-state index in [1.807, 2.05) is 13.8 Å². The molecule has 2 amide bonds. The molecule has 0 aromatic rings. The molecule has 0 bridgehead atoms. The molecule has 94 valence electrons. The van der Waals surface area contributed by atoms with Crippen LogP contribution in [0, 0.1) is 5.92 Å². The van der Waals surface area contributed by atoms with E-state index in [0.717, 1.165) is 0 Å². The predicted octanol–water partition coefficient (Wildman–Crippen LogP) is -0.506. The molecule has 0 aliphatic carbocycles. The third-order valence-corrected chi connectivity index (χ3v) is 1.83. The Morgan fingerprint density at radius 1 is 1.00 bits per heavy atom. The van der Waals surface area contributed by atoms with Crippen molar-refractivity contribution in [2.45, 2.75) is 20.1 Å². The van der Waals surface area contributed by atoms with Gasteiger partial charge in [0.05, 0.1) is 6.54 Å². The summed E-state index contributed by atoms with van der Waals surface area (Å²) in [4.78, 5) is 22.5. The molecule has 0 radical (unpaired) electrons. The van der Waals surface area contributed by atoms with Crippen LogP contribution in [0.4, 0.5) is 0 Å². The zero-order valence-electron chi connectivity index (χ0n) is 10.2. The maximum Gasteiger partial charge on any atom is 0.309 e. The summed E-state index contributed by atoms with van der Waals surface area (Å²) >= 11 is 0. The minimum Gasteiger partial charge on any atom is -0.354 e. The molecule has 0 heterocycles. The Labute approximate surface area is 95.7 Å². The van der Waals surface area contributed by atoms with Gasteiger partial charge in [-0.1, -0.05) is 13.8 Å². The summed E-state index contributed by atoms with van der Waals surface area (Å²) in [7, 11) is 2.91. The topological polar surface area (TPSA) is 76.7 Å². The summed E-state index contributed by atoms with van der Waals surface area (Å²) in [6, 6.07) is 0. The zero-order valence-corrected chi connectivity index (χ0v) is 10.2. The van der Waals surface area contributed by atoms with Crippen molar-refractivity contribution in [1.29, 1.82) is 0 Å². The SMILES string of the molecule is COC(CNC(=O)C(=O)NCC(C)C)OC. The summed E-state index contributed by atoms with van der Waals surface area (Å²) in [6.07, 6.45) is -0.540. The van der Waals surface area contributed by atoms with Crippen LogP contribution in [0.3, 0.4) is 0 Å². The Morgan fingerprint density at radius 2 is 1.44 bits per heavy atom. The highest BCUT2D eigenvalue weighted by Gasteiger charge is 2.15. The molecule has 0 aliphatic rings. The number of carbonyl (C=O) groups excluding carboxylic acids is 2. The fourth-order valence-corrected chi connectivity index (χ4v) is 0.896. The first-order valence-corrected chi connectivity index (χ1v) is 5.12. The van der Waals surface area contributed by atoms with Gasteiger partial charge in [-0.25, -0.2) is 0 Å². The maximum atomic E-state index is 11.3. The van der Waals surface area contributed by atoms with Crippen LogP contribution in [0.15, 0.2) is 0 Å². The van der Waals surface area contributed by atoms with Gasteiger partial charge in [-0.05, 0) is 5.92 Å². The summed E-state index contributed by atoms with van der Waals surface area (Å²) in [6.45, 7) is 4.51. The van der Waals surface area contributed by atoms with E-state index in [2.05, 4.69) is 10.6 Å². The monoisotopic (exact) mass is 232 g/mol. The molecule has 6 nitrogen and oxygen atoms in total. The first-order chi connectivity index (χ1) is 7.51. The number of amides is 2. The maximum absolute atomic E-state index is 11.3. The smallest absolute Gasteiger partial charge is 0.309 e. The fraction of sp³-hybridized carbons (Fsp3) is 0.800. The molecule has 0 unspecified atom stereocenters. The Bertz CT molecular complexity index is 227. The lowest BCUT2D eigenvalue weighted by atomic mass is 10.2. The van der Waals surface area contributed by atoms with Gasteiger partial charge < -0.3 is 20.1 Å². The standard InChI is InChI=1S/C10H20N2O4/c1-7(2)5-11-9(13)10(14)12-6-8(15-3)16-4/h7-8H,5-6H2,1-4H3,(H,11,13)(H,12,14). The minimum atomic E-state index is -0.681. The van der Waals surface area contributed by atoms with Crippen molar-refractivity contribution in [2.24, 2.45) is 5.92 Å². The van der Waals surface area contributed by atoms with E-state index < -0.39 is 18.1 Å². The van der Waals surface area contributed by atoms with Gasteiger partial charge in [-0.15, -0.1) is 0 Å². The molecular formula is C10H20N2O4. The van der Waals surface area contributed by atoms with Crippen LogP contribution in [0.5, 0.6) is 0 Å². The predicted molar refractivity (Wildman–Crippen MR) is 58.7 cm³/mol. The second kappa shape index (κ2) is 8.06. The van der Waals surface area contributed by atoms with Gasteiger partial charge in [0.15, 0.2) is 6.29 Å². The number of methoxy groups -OCH3 is 2. The van der Waals surface area contributed by atoms with Gasteiger partial charge in [-0.3, -0.25) is 9.59 Å². The van der Waals surface area contributed by atoms with Crippen molar-refractivity contribution in [3.8, 4) is 0 Å². The number of hydrogen-bond donors (Lipinski definition) is 2. The van der Waals surface area contributed by atoms with Gasteiger partial charge in [0.1, 0.15) is 0 Å². The van der Waals surface area contributed by atoms with Crippen molar-refractivity contribution < 1.29 is 19.1 Å². The highest BCUT2D eigenvalue weighted by molar-refractivity contribution is 6.35. The molecule has 0 rings (SSSR count). The molecule has 0 aromatic heterocycles. The Balaban J connectivity index is 3.83. The Morgan fingerprint density at radius 3 is 1.81 bits per heavy atom. The van der Waals surface area contributed by atoms with Gasteiger partial charge in [0.2, 0.25) is 0 Å². The molecule has 0 aliphatic heterocycles. The quantitative estimate of drug-likeness (QED) is 0.478. The molecule has 16 heavy (non-hydrogen) atoms. The van der Waals surface area contributed by atoms with Gasteiger partial charge in [0, 0.05) is 20.8 Å². The minimum absolute atomic E-state index is 0.140. The number of hydrogen-bond acceptors (Lipinski definition) is 4. The largest absolute Gasteiger partial charge is 0.354 e. The average Bonchev–Trinajstić information content (AvgIpc) is 2.26. The zero-order chi connectivity index (χ0) is 12.6. The molecule has 0 aromatic carbocycles. The van der Waals surface area contributed by atoms with Crippen LogP contribution in [0.1, 0.15) is 13.8 Å². The molecule has 0 spiro atoms. The highest BCUT2D eigenvalue weighted by atomic mass is 16.7. The summed E-state index contributed by atoms with van der Waals surface area (Å²) < 4.78 is 9.72. The van der Waals surface area contributed by atoms with E-state index in [-0.39, 0.29) is 6.54 Å². The van der Waals surface area contributed by atoms with Gasteiger partial charge in [-0.2, -0.15) is 0 Å². The van der Waals surface area contributed by atoms with E-state index in [4.69, 9.17) is 9.47 Å². The van der Waals surface area contributed by atoms with E-state index in [1.54, 1.807) is 0 Å². The third kappa shape index (κ3) is 6.36. The van der Waals surface area contributed by atoms with E-state index in [0.29, 0.717) is 12.5 Å². The summed E-state index contributed by atoms with van der Waals surface area (Å²) in [5.41, 5.74) is 0. The van der Waals surface area contributed by atoms with E-state index >= 15 is 0 Å². The third-order valence-electron chi connectivity index (χ3n) is 1.83. The van der Waals surface area contributed by atoms with Crippen LogP contribution in [-0.2, 0) is 19.1 Å². The van der Waals surface area contributed by atoms with Crippen LogP contribution in [-0.4, -0.2) is 45.4 Å². The molecule has 0 saturated heterocycles. The van der Waals surface area contributed by atoms with Crippen molar-refractivity contribution in [3.05, 3.63) is 0 Å². The second-order valence-corrected chi connectivity index (χ2v) is 3.71. The summed E-state index contributed by atoms with van der Waals surface area (Å²) in [5.74, 6) is -1.01. The van der Waals surface area contributed by atoms with Crippen molar-refractivity contribution in [2.75, 3.05) is 27.3 Å². The highest BCUT2D eigenvalue weighted by Crippen LogP contribution is 1.88.